The number of hydrogen-bond acceptors (Lipinski definition) is 4. The molecule has 19 heavy (non-hydrogen) atoms. The Hall–Kier alpha value is -1.13. The molecule has 0 aromatic carbocycles. The Balaban J connectivity index is 2.83. The molecule has 0 aliphatic carbocycles. The zero-order valence-corrected chi connectivity index (χ0v) is 13.1. The number of nitrogens with zero attached hydrogens (tertiary/aromatic N) is 3. The molecule has 108 valence electrons. The largest absolute Gasteiger partial charge is 0.481 e. The van der Waals surface area contributed by atoms with Gasteiger partial charge in [0.15, 0.2) is 0 Å². The summed E-state index contributed by atoms with van der Waals surface area (Å²) in [6, 6.07) is 4.05. The predicted molar refractivity (Wildman–Crippen MR) is 79.6 cm³/mol. The Bertz CT molecular complexity index is 393. The maximum absolute atomic E-state index is 5.38. The zero-order valence-electron chi connectivity index (χ0n) is 13.1. The Kier molecular flexibility index (Phi) is 5.76. The third-order valence-electron chi connectivity index (χ3n) is 3.93. The molecule has 0 unspecified atom stereocenters. The Morgan fingerprint density at radius 2 is 1.95 bits per heavy atom. The van der Waals surface area contributed by atoms with Crippen LogP contribution in [0.5, 0.6) is 5.88 Å². The first-order valence-corrected chi connectivity index (χ1v) is 6.82. The van der Waals surface area contributed by atoms with Gasteiger partial charge in [0.05, 0.1) is 7.11 Å². The summed E-state index contributed by atoms with van der Waals surface area (Å²) in [6.45, 7) is 9.73. The van der Waals surface area contributed by atoms with Crippen molar-refractivity contribution < 1.29 is 4.74 Å². The van der Waals surface area contributed by atoms with Crippen LogP contribution in [0.3, 0.4) is 0 Å². The monoisotopic (exact) mass is 265 g/mol. The standard InChI is InChI=1S/C15H27N3O/c1-7-17(4)11-12-18(5)15(2,3)13-9-8-10-16-14(13)19-6/h8-10H,7,11-12H2,1-6H3. The van der Waals surface area contributed by atoms with E-state index in [1.165, 1.54) is 0 Å². The minimum absolute atomic E-state index is 0.103. The van der Waals surface area contributed by atoms with Crippen LogP contribution in [-0.2, 0) is 5.54 Å². The molecule has 1 rings (SSSR count). The van der Waals surface area contributed by atoms with Gasteiger partial charge in [0.2, 0.25) is 5.88 Å². The van der Waals surface area contributed by atoms with Gasteiger partial charge < -0.3 is 9.64 Å². The number of hydrogen-bond donors (Lipinski definition) is 0. The fourth-order valence-electron chi connectivity index (χ4n) is 1.98. The molecule has 0 bridgehead atoms. The number of likely N-dealkylation sites (N-methyl/N-ethyl adjacent to an activating group) is 2. The Labute approximate surface area is 117 Å². The van der Waals surface area contributed by atoms with Gasteiger partial charge in [-0.3, -0.25) is 4.90 Å². The van der Waals surface area contributed by atoms with Gasteiger partial charge in [0, 0.05) is 30.4 Å². The maximum Gasteiger partial charge on any atom is 0.218 e. The van der Waals surface area contributed by atoms with Crippen molar-refractivity contribution in [2.75, 3.05) is 40.8 Å². The zero-order chi connectivity index (χ0) is 14.5. The molecule has 0 aliphatic heterocycles. The van der Waals surface area contributed by atoms with Crippen molar-refractivity contribution in [3.63, 3.8) is 0 Å². The van der Waals surface area contributed by atoms with Crippen molar-refractivity contribution in [2.24, 2.45) is 0 Å². The first-order valence-electron chi connectivity index (χ1n) is 6.82. The van der Waals surface area contributed by atoms with Crippen LogP contribution in [0.25, 0.3) is 0 Å². The summed E-state index contributed by atoms with van der Waals surface area (Å²) < 4.78 is 5.38. The molecule has 0 spiro atoms. The van der Waals surface area contributed by atoms with Gasteiger partial charge in [-0.2, -0.15) is 0 Å². The molecule has 0 N–H and O–H groups in total. The van der Waals surface area contributed by atoms with Crippen molar-refractivity contribution in [2.45, 2.75) is 26.3 Å². The van der Waals surface area contributed by atoms with Crippen LogP contribution in [0.2, 0.25) is 0 Å². The lowest BCUT2D eigenvalue weighted by Gasteiger charge is -2.37. The highest BCUT2D eigenvalue weighted by molar-refractivity contribution is 5.32. The van der Waals surface area contributed by atoms with Crippen LogP contribution in [0.1, 0.15) is 26.3 Å². The lowest BCUT2D eigenvalue weighted by molar-refractivity contribution is 0.135. The van der Waals surface area contributed by atoms with E-state index in [1.807, 2.05) is 6.07 Å². The molecule has 0 amide bonds. The molecule has 4 nitrogen and oxygen atoms in total. The molecule has 0 saturated carbocycles. The van der Waals surface area contributed by atoms with E-state index >= 15 is 0 Å². The van der Waals surface area contributed by atoms with Crippen molar-refractivity contribution in [3.8, 4) is 5.88 Å². The summed E-state index contributed by atoms with van der Waals surface area (Å²) in [5.41, 5.74) is 1.02. The topological polar surface area (TPSA) is 28.6 Å². The second-order valence-electron chi connectivity index (χ2n) is 5.44. The van der Waals surface area contributed by atoms with E-state index in [1.54, 1.807) is 13.3 Å². The average molecular weight is 265 g/mol. The highest BCUT2D eigenvalue weighted by atomic mass is 16.5. The average Bonchev–Trinajstić information content (AvgIpc) is 2.43. The Morgan fingerprint density at radius 1 is 1.26 bits per heavy atom. The summed E-state index contributed by atoms with van der Waals surface area (Å²) in [5.74, 6) is 0.711. The van der Waals surface area contributed by atoms with Crippen LogP contribution in [0.15, 0.2) is 18.3 Å². The van der Waals surface area contributed by atoms with Gasteiger partial charge in [-0.1, -0.05) is 13.0 Å². The minimum Gasteiger partial charge on any atom is -0.481 e. The van der Waals surface area contributed by atoms with Gasteiger partial charge in [-0.15, -0.1) is 0 Å². The van der Waals surface area contributed by atoms with Gasteiger partial charge in [-0.25, -0.2) is 4.98 Å². The predicted octanol–water partition coefficient (Wildman–Crippen LogP) is 2.21. The number of methoxy groups -OCH3 is 1. The smallest absolute Gasteiger partial charge is 0.218 e. The molecular formula is C15H27N3O. The summed E-state index contributed by atoms with van der Waals surface area (Å²) in [7, 11) is 5.97. The summed E-state index contributed by atoms with van der Waals surface area (Å²) in [5, 5.41) is 0. The van der Waals surface area contributed by atoms with Gasteiger partial charge >= 0.3 is 0 Å². The van der Waals surface area contributed by atoms with Gasteiger partial charge in [0.25, 0.3) is 0 Å². The first-order chi connectivity index (χ1) is 8.93. The van der Waals surface area contributed by atoms with Gasteiger partial charge in [-0.05, 0) is 40.6 Å². The molecule has 0 fully saturated rings. The van der Waals surface area contributed by atoms with E-state index < -0.39 is 0 Å². The van der Waals surface area contributed by atoms with E-state index in [4.69, 9.17) is 4.74 Å². The third-order valence-corrected chi connectivity index (χ3v) is 3.93. The SMILES string of the molecule is CCN(C)CCN(C)C(C)(C)c1cccnc1OC. The summed E-state index contributed by atoms with van der Waals surface area (Å²) in [6.07, 6.45) is 1.77. The molecule has 1 heterocycles. The van der Waals surface area contributed by atoms with Crippen LogP contribution >= 0.6 is 0 Å². The van der Waals surface area contributed by atoms with Crippen molar-refractivity contribution >= 4 is 0 Å². The second-order valence-corrected chi connectivity index (χ2v) is 5.44. The molecule has 0 radical (unpaired) electrons. The number of aromatic nitrogens is 1. The lowest BCUT2D eigenvalue weighted by atomic mass is 9.93. The third kappa shape index (κ3) is 3.91. The number of pyridine rings is 1. The molecule has 0 saturated heterocycles. The van der Waals surface area contributed by atoms with Gasteiger partial charge in [0.1, 0.15) is 0 Å². The van der Waals surface area contributed by atoms with Crippen molar-refractivity contribution in [3.05, 3.63) is 23.9 Å². The Morgan fingerprint density at radius 3 is 2.53 bits per heavy atom. The molecule has 0 aliphatic rings. The summed E-state index contributed by atoms with van der Waals surface area (Å²) in [4.78, 5) is 8.96. The van der Waals surface area contributed by atoms with Crippen LogP contribution in [0, 0.1) is 0 Å². The second kappa shape index (κ2) is 6.87. The minimum atomic E-state index is -0.103. The highest BCUT2D eigenvalue weighted by Crippen LogP contribution is 2.31. The number of ether oxygens (including phenoxy) is 1. The molecule has 1 aromatic rings. The quantitative estimate of drug-likeness (QED) is 0.756. The normalized spacial score (nSPS) is 12.2. The fraction of sp³-hybridized carbons (Fsp3) is 0.667. The van der Waals surface area contributed by atoms with E-state index in [-0.39, 0.29) is 5.54 Å². The number of rotatable bonds is 7. The van der Waals surface area contributed by atoms with Crippen LogP contribution < -0.4 is 4.74 Å². The van der Waals surface area contributed by atoms with Crippen LogP contribution in [0.4, 0.5) is 0 Å². The van der Waals surface area contributed by atoms with E-state index in [9.17, 15) is 0 Å². The van der Waals surface area contributed by atoms with Crippen molar-refractivity contribution in [1.82, 2.24) is 14.8 Å². The fourth-order valence-corrected chi connectivity index (χ4v) is 1.98. The summed E-state index contributed by atoms with van der Waals surface area (Å²) >= 11 is 0. The molecular weight excluding hydrogens is 238 g/mol. The molecule has 4 heteroatoms. The maximum atomic E-state index is 5.38. The highest BCUT2D eigenvalue weighted by Gasteiger charge is 2.29. The first kappa shape index (κ1) is 15.9. The lowest BCUT2D eigenvalue weighted by Crippen LogP contribution is -2.42. The van der Waals surface area contributed by atoms with Crippen LogP contribution in [-0.4, -0.2) is 55.6 Å². The molecule has 0 atom stereocenters. The van der Waals surface area contributed by atoms with E-state index in [0.717, 1.165) is 25.2 Å². The van der Waals surface area contributed by atoms with E-state index in [0.29, 0.717) is 5.88 Å². The van der Waals surface area contributed by atoms with Crippen molar-refractivity contribution in [1.29, 1.82) is 0 Å². The molecule has 1 aromatic heterocycles. The van der Waals surface area contributed by atoms with E-state index in [2.05, 4.69) is 55.7 Å².